The van der Waals surface area contributed by atoms with Gasteiger partial charge in [-0.1, -0.05) is 12.1 Å². The zero-order valence-corrected chi connectivity index (χ0v) is 16.1. The lowest BCUT2D eigenvalue weighted by Gasteiger charge is -2.28. The van der Waals surface area contributed by atoms with E-state index in [0.717, 1.165) is 11.1 Å². The molecule has 29 heavy (non-hydrogen) atoms. The lowest BCUT2D eigenvalue weighted by atomic mass is 9.89. The van der Waals surface area contributed by atoms with Crippen LogP contribution in [0.5, 0.6) is 0 Å². The van der Waals surface area contributed by atoms with E-state index < -0.39 is 11.9 Å². The standard InChI is InChI=1S/C22H22FN3O3/c1-2-3-8-26-14-18(16-6-7-24-20(16)22(26)28)15-4-5-19(23)17(13-15)21(27)25-9-11-29-12-10-25/h2,4-7,13-14,20H,1,3,8-12H2/p+1. The maximum atomic E-state index is 14.5. The van der Waals surface area contributed by atoms with E-state index >= 15 is 0 Å². The summed E-state index contributed by atoms with van der Waals surface area (Å²) in [4.78, 5) is 31.9. The van der Waals surface area contributed by atoms with Crippen molar-refractivity contribution in [2.75, 3.05) is 32.8 Å². The number of morpholine rings is 1. The Balaban J connectivity index is 1.70. The highest BCUT2D eigenvalue weighted by Gasteiger charge is 2.39. The molecule has 0 aliphatic carbocycles. The van der Waals surface area contributed by atoms with E-state index in [4.69, 9.17) is 4.74 Å². The average Bonchev–Trinajstić information content (AvgIpc) is 3.24. The fourth-order valence-corrected chi connectivity index (χ4v) is 3.77. The lowest BCUT2D eigenvalue weighted by molar-refractivity contribution is -0.467. The number of fused-ring (bicyclic) bond motifs is 1. The van der Waals surface area contributed by atoms with E-state index in [0.29, 0.717) is 44.8 Å². The second-order valence-corrected chi connectivity index (χ2v) is 7.14. The van der Waals surface area contributed by atoms with Crippen molar-refractivity contribution >= 4 is 23.6 Å². The molecule has 1 fully saturated rings. The van der Waals surface area contributed by atoms with Crippen molar-refractivity contribution in [2.45, 2.75) is 12.5 Å². The summed E-state index contributed by atoms with van der Waals surface area (Å²) in [6, 6.07) is 4.07. The molecule has 1 unspecified atom stereocenters. The number of hydrogen-bond acceptors (Lipinski definition) is 3. The molecule has 4 rings (SSSR count). The van der Waals surface area contributed by atoms with E-state index in [1.54, 1.807) is 40.4 Å². The predicted octanol–water partition coefficient (Wildman–Crippen LogP) is 0.517. The summed E-state index contributed by atoms with van der Waals surface area (Å²) in [7, 11) is 0. The van der Waals surface area contributed by atoms with Crippen LogP contribution in [0, 0.1) is 5.82 Å². The number of rotatable bonds is 5. The van der Waals surface area contributed by atoms with Crippen molar-refractivity contribution in [3.8, 4) is 0 Å². The molecule has 1 atom stereocenters. The second kappa shape index (κ2) is 8.13. The molecule has 6 nitrogen and oxygen atoms in total. The molecule has 0 spiro atoms. The van der Waals surface area contributed by atoms with Crippen molar-refractivity contribution in [3.63, 3.8) is 0 Å². The maximum Gasteiger partial charge on any atom is 0.300 e. The first kappa shape index (κ1) is 19.3. The van der Waals surface area contributed by atoms with Gasteiger partial charge in [0.2, 0.25) is 0 Å². The summed E-state index contributed by atoms with van der Waals surface area (Å²) in [5.74, 6) is -0.935. The smallest absolute Gasteiger partial charge is 0.300 e. The highest BCUT2D eigenvalue weighted by Crippen LogP contribution is 2.32. The molecule has 0 aromatic heterocycles. The van der Waals surface area contributed by atoms with Crippen LogP contribution < -0.4 is 4.99 Å². The van der Waals surface area contributed by atoms with Crippen LogP contribution >= 0.6 is 0 Å². The number of benzene rings is 1. The average molecular weight is 396 g/mol. The minimum atomic E-state index is -0.553. The molecule has 1 aromatic carbocycles. The summed E-state index contributed by atoms with van der Waals surface area (Å²) < 4.78 is 19.8. The number of carbonyl (C=O) groups is 2. The van der Waals surface area contributed by atoms with Crippen LogP contribution in [0.4, 0.5) is 4.39 Å². The molecule has 3 aliphatic heterocycles. The Morgan fingerprint density at radius 1 is 1.34 bits per heavy atom. The van der Waals surface area contributed by atoms with Crippen LogP contribution in [0.25, 0.3) is 5.57 Å². The molecule has 1 aromatic rings. The fourth-order valence-electron chi connectivity index (χ4n) is 3.77. The first-order chi connectivity index (χ1) is 14.1. The molecular formula is C22H23FN3O3+. The molecule has 0 saturated carbocycles. The van der Waals surface area contributed by atoms with Gasteiger partial charge in [-0.05, 0) is 24.1 Å². The Morgan fingerprint density at radius 3 is 2.90 bits per heavy atom. The third-order valence-electron chi connectivity index (χ3n) is 5.34. The number of nitrogens with zero attached hydrogens (tertiary/aromatic N) is 2. The van der Waals surface area contributed by atoms with Crippen LogP contribution in [0.3, 0.4) is 0 Å². The van der Waals surface area contributed by atoms with Gasteiger partial charge < -0.3 is 14.5 Å². The summed E-state index contributed by atoms with van der Waals surface area (Å²) in [5.41, 5.74) is 2.36. The Bertz CT molecular complexity index is 945. The van der Waals surface area contributed by atoms with Crippen molar-refractivity contribution < 1.29 is 23.7 Å². The third-order valence-corrected chi connectivity index (χ3v) is 5.34. The van der Waals surface area contributed by atoms with E-state index in [1.165, 1.54) is 6.07 Å². The normalized spacial score (nSPS) is 21.0. The quantitative estimate of drug-likeness (QED) is 0.738. The summed E-state index contributed by atoms with van der Waals surface area (Å²) >= 11 is 0. The Labute approximate surface area is 168 Å². The largest absolute Gasteiger partial charge is 0.378 e. The van der Waals surface area contributed by atoms with Crippen LogP contribution in [0.1, 0.15) is 22.3 Å². The van der Waals surface area contributed by atoms with Crippen molar-refractivity contribution in [2.24, 2.45) is 0 Å². The molecule has 7 heteroatoms. The fraction of sp³-hybridized carbons (Fsp3) is 0.318. The molecular weight excluding hydrogens is 373 g/mol. The van der Waals surface area contributed by atoms with Gasteiger partial charge in [-0.25, -0.2) is 9.38 Å². The summed E-state index contributed by atoms with van der Waals surface area (Å²) in [5, 5.41) is 0. The van der Waals surface area contributed by atoms with Crippen molar-refractivity contribution in [1.82, 2.24) is 9.80 Å². The number of nitrogens with one attached hydrogen (secondary N) is 1. The van der Waals surface area contributed by atoms with E-state index in [-0.39, 0.29) is 17.4 Å². The number of carbonyl (C=O) groups excluding carboxylic acids is 2. The molecule has 0 bridgehead atoms. The summed E-state index contributed by atoms with van der Waals surface area (Å²) in [6.45, 7) is 6.02. The van der Waals surface area contributed by atoms with Crippen LogP contribution in [0.15, 0.2) is 48.7 Å². The zero-order valence-electron chi connectivity index (χ0n) is 16.1. The Hall–Kier alpha value is -3.06. The molecule has 3 aliphatic rings. The topological polar surface area (TPSA) is 63.8 Å². The van der Waals surface area contributed by atoms with E-state index in [1.807, 2.05) is 6.08 Å². The molecule has 0 radical (unpaired) electrons. The van der Waals surface area contributed by atoms with Gasteiger partial charge in [0.15, 0.2) is 6.21 Å². The minimum Gasteiger partial charge on any atom is -0.378 e. The Kier molecular flexibility index (Phi) is 5.40. The molecule has 1 N–H and O–H groups in total. The van der Waals surface area contributed by atoms with Gasteiger partial charge in [0.05, 0.1) is 18.8 Å². The maximum absolute atomic E-state index is 14.5. The van der Waals surface area contributed by atoms with Crippen molar-refractivity contribution in [1.29, 1.82) is 0 Å². The Morgan fingerprint density at radius 2 is 2.14 bits per heavy atom. The minimum absolute atomic E-state index is 0.0342. The van der Waals surface area contributed by atoms with Gasteiger partial charge in [0.1, 0.15) is 5.82 Å². The molecule has 3 heterocycles. The lowest BCUT2D eigenvalue weighted by Crippen LogP contribution is -2.79. The van der Waals surface area contributed by atoms with Gasteiger partial charge in [-0.2, -0.15) is 0 Å². The molecule has 2 amide bonds. The van der Waals surface area contributed by atoms with E-state index in [9.17, 15) is 14.0 Å². The number of ether oxygens (including phenoxy) is 1. The van der Waals surface area contributed by atoms with Crippen LogP contribution in [-0.4, -0.2) is 66.7 Å². The monoisotopic (exact) mass is 396 g/mol. The SMILES string of the molecule is C=CCCN1C=C(c2ccc(F)c(C(=O)N3CCOCC3)c2)C2=CC=[NH+]C2C1=O. The number of amides is 2. The molecule has 150 valence electrons. The van der Waals surface area contributed by atoms with Crippen molar-refractivity contribution in [3.05, 3.63) is 65.6 Å². The van der Waals surface area contributed by atoms with E-state index in [2.05, 4.69) is 11.6 Å². The predicted molar refractivity (Wildman–Crippen MR) is 107 cm³/mol. The summed E-state index contributed by atoms with van der Waals surface area (Å²) in [6.07, 6.45) is 7.80. The highest BCUT2D eigenvalue weighted by molar-refractivity contribution is 6.02. The van der Waals surface area contributed by atoms with Gasteiger partial charge in [0.25, 0.3) is 17.9 Å². The number of hydrogen-bond donors (Lipinski definition) is 1. The first-order valence-corrected chi connectivity index (χ1v) is 9.70. The molecule has 1 saturated heterocycles. The van der Waals surface area contributed by atoms with Crippen LogP contribution in [0.2, 0.25) is 0 Å². The van der Waals surface area contributed by atoms with Crippen LogP contribution in [-0.2, 0) is 9.53 Å². The third kappa shape index (κ3) is 3.65. The second-order valence-electron chi connectivity index (χ2n) is 7.14. The zero-order chi connectivity index (χ0) is 20.4. The number of halogens is 1. The van der Waals surface area contributed by atoms with Gasteiger partial charge >= 0.3 is 0 Å². The van der Waals surface area contributed by atoms with Gasteiger partial charge in [-0.15, -0.1) is 6.58 Å². The van der Waals surface area contributed by atoms with Gasteiger partial charge in [-0.3, -0.25) is 9.59 Å². The highest BCUT2D eigenvalue weighted by atomic mass is 19.1. The number of allylic oxidation sites excluding steroid dienone is 1. The van der Waals surface area contributed by atoms with Gasteiger partial charge in [0, 0.05) is 43.1 Å². The first-order valence-electron chi connectivity index (χ1n) is 9.70.